The molecule has 0 saturated carbocycles. The number of carbonyl (C=O) groups is 1. The number of benzene rings is 1. The van der Waals surface area contributed by atoms with Gasteiger partial charge in [-0.2, -0.15) is 0 Å². The first-order valence-electron chi connectivity index (χ1n) is 4.82. The first kappa shape index (κ1) is 12.7. The van der Waals surface area contributed by atoms with E-state index in [1.165, 1.54) is 30.5 Å². The number of anilines is 1. The second kappa shape index (κ2) is 5.29. The fourth-order valence-corrected chi connectivity index (χ4v) is 1.56. The van der Waals surface area contributed by atoms with E-state index >= 15 is 0 Å². The Morgan fingerprint density at radius 2 is 2.06 bits per heavy atom. The van der Waals surface area contributed by atoms with E-state index in [0.717, 1.165) is 0 Å². The van der Waals surface area contributed by atoms with Gasteiger partial charge in [0.2, 0.25) is 5.95 Å². The van der Waals surface area contributed by atoms with Crippen molar-refractivity contribution in [2.45, 2.75) is 0 Å². The van der Waals surface area contributed by atoms with Crippen molar-refractivity contribution in [3.8, 4) is 0 Å². The van der Waals surface area contributed by atoms with Crippen molar-refractivity contribution in [2.24, 2.45) is 0 Å². The summed E-state index contributed by atoms with van der Waals surface area (Å²) < 4.78 is 13.6. The van der Waals surface area contributed by atoms with Crippen LogP contribution in [0.25, 0.3) is 0 Å². The molecule has 1 amide bonds. The van der Waals surface area contributed by atoms with E-state index < -0.39 is 11.7 Å². The third-order valence-electron chi connectivity index (χ3n) is 2.04. The lowest BCUT2D eigenvalue weighted by molar-refractivity contribution is 0.102. The number of aromatic nitrogens is 2. The van der Waals surface area contributed by atoms with Crippen LogP contribution in [0, 0.1) is 5.82 Å². The van der Waals surface area contributed by atoms with Crippen molar-refractivity contribution in [3.05, 3.63) is 52.0 Å². The van der Waals surface area contributed by atoms with Gasteiger partial charge < -0.3 is 0 Å². The SMILES string of the molecule is O=C(Nc1nccc(Cl)n1)c1cccc(Cl)c1F. The van der Waals surface area contributed by atoms with E-state index in [0.29, 0.717) is 0 Å². The Balaban J connectivity index is 2.25. The zero-order chi connectivity index (χ0) is 13.1. The maximum absolute atomic E-state index is 13.6. The highest BCUT2D eigenvalue weighted by atomic mass is 35.5. The van der Waals surface area contributed by atoms with Crippen LogP contribution in [0.1, 0.15) is 10.4 Å². The minimum atomic E-state index is -0.793. The Morgan fingerprint density at radius 3 is 2.78 bits per heavy atom. The second-order valence-electron chi connectivity index (χ2n) is 3.26. The van der Waals surface area contributed by atoms with Gasteiger partial charge in [0.1, 0.15) is 5.15 Å². The fraction of sp³-hybridized carbons (Fsp3) is 0. The van der Waals surface area contributed by atoms with Crippen LogP contribution in [-0.2, 0) is 0 Å². The van der Waals surface area contributed by atoms with Crippen molar-refractivity contribution < 1.29 is 9.18 Å². The fourth-order valence-electron chi connectivity index (χ4n) is 1.24. The van der Waals surface area contributed by atoms with E-state index in [1.807, 2.05) is 0 Å². The topological polar surface area (TPSA) is 54.9 Å². The minimum absolute atomic E-state index is 0.00752. The number of carbonyl (C=O) groups excluding carboxylic acids is 1. The van der Waals surface area contributed by atoms with Gasteiger partial charge in [0.25, 0.3) is 5.91 Å². The monoisotopic (exact) mass is 285 g/mol. The molecular weight excluding hydrogens is 280 g/mol. The van der Waals surface area contributed by atoms with Gasteiger partial charge in [-0.1, -0.05) is 29.3 Å². The molecule has 92 valence electrons. The van der Waals surface area contributed by atoms with E-state index in [-0.39, 0.29) is 21.7 Å². The normalized spacial score (nSPS) is 10.2. The molecule has 18 heavy (non-hydrogen) atoms. The average Bonchev–Trinajstić information content (AvgIpc) is 2.32. The van der Waals surface area contributed by atoms with Crippen LogP contribution in [-0.4, -0.2) is 15.9 Å². The number of hydrogen-bond acceptors (Lipinski definition) is 3. The van der Waals surface area contributed by atoms with Crippen molar-refractivity contribution in [2.75, 3.05) is 5.32 Å². The molecule has 1 heterocycles. The molecule has 0 aliphatic heterocycles. The summed E-state index contributed by atoms with van der Waals surface area (Å²) in [5, 5.41) is 2.37. The van der Waals surface area contributed by atoms with E-state index in [9.17, 15) is 9.18 Å². The molecule has 0 atom stereocenters. The summed E-state index contributed by atoms with van der Waals surface area (Å²) >= 11 is 11.2. The number of nitrogens with one attached hydrogen (secondary N) is 1. The third kappa shape index (κ3) is 2.75. The smallest absolute Gasteiger partial charge is 0.261 e. The molecule has 0 saturated heterocycles. The Morgan fingerprint density at radius 1 is 1.28 bits per heavy atom. The van der Waals surface area contributed by atoms with Gasteiger partial charge in [-0.25, -0.2) is 14.4 Å². The van der Waals surface area contributed by atoms with Crippen LogP contribution < -0.4 is 5.32 Å². The van der Waals surface area contributed by atoms with Gasteiger partial charge in [-0.15, -0.1) is 0 Å². The third-order valence-corrected chi connectivity index (χ3v) is 2.55. The van der Waals surface area contributed by atoms with Crippen LogP contribution in [0.2, 0.25) is 10.2 Å². The molecule has 2 rings (SSSR count). The van der Waals surface area contributed by atoms with Crippen molar-refractivity contribution in [3.63, 3.8) is 0 Å². The van der Waals surface area contributed by atoms with Gasteiger partial charge in [-0.05, 0) is 18.2 Å². The van der Waals surface area contributed by atoms with Crippen LogP contribution in [0.3, 0.4) is 0 Å². The number of rotatable bonds is 2. The lowest BCUT2D eigenvalue weighted by atomic mass is 10.2. The molecule has 0 radical (unpaired) electrons. The predicted octanol–water partition coefficient (Wildman–Crippen LogP) is 3.17. The van der Waals surface area contributed by atoms with Crippen LogP contribution >= 0.6 is 23.2 Å². The molecule has 7 heteroatoms. The highest BCUT2D eigenvalue weighted by molar-refractivity contribution is 6.31. The molecule has 0 aliphatic rings. The van der Waals surface area contributed by atoms with Gasteiger partial charge in [0.15, 0.2) is 5.82 Å². The molecule has 4 nitrogen and oxygen atoms in total. The summed E-state index contributed by atoms with van der Waals surface area (Å²) in [6.07, 6.45) is 1.37. The van der Waals surface area contributed by atoms with Gasteiger partial charge in [0.05, 0.1) is 10.6 Å². The highest BCUT2D eigenvalue weighted by Crippen LogP contribution is 2.18. The zero-order valence-corrected chi connectivity index (χ0v) is 10.3. The van der Waals surface area contributed by atoms with E-state index in [2.05, 4.69) is 15.3 Å². The molecule has 0 spiro atoms. The summed E-state index contributed by atoms with van der Waals surface area (Å²) in [6.45, 7) is 0. The van der Waals surface area contributed by atoms with E-state index in [4.69, 9.17) is 23.2 Å². The molecular formula is C11H6Cl2FN3O. The van der Waals surface area contributed by atoms with Gasteiger partial charge in [0, 0.05) is 6.20 Å². The Labute approximate surface area is 112 Å². The molecule has 2 aromatic rings. The predicted molar refractivity (Wildman–Crippen MR) is 66.4 cm³/mol. The second-order valence-corrected chi connectivity index (χ2v) is 4.05. The number of halogens is 3. The van der Waals surface area contributed by atoms with Crippen LogP contribution in [0.5, 0.6) is 0 Å². The minimum Gasteiger partial charge on any atom is -0.290 e. The molecule has 1 aromatic heterocycles. The quantitative estimate of drug-likeness (QED) is 0.863. The maximum atomic E-state index is 13.6. The lowest BCUT2D eigenvalue weighted by Gasteiger charge is -2.05. The Bertz CT molecular complexity index is 607. The summed E-state index contributed by atoms with van der Waals surface area (Å²) in [5.41, 5.74) is -0.189. The Kier molecular flexibility index (Phi) is 3.74. The summed E-state index contributed by atoms with van der Waals surface area (Å²) in [6, 6.07) is 5.58. The summed E-state index contributed by atoms with van der Waals surface area (Å²) in [4.78, 5) is 19.3. The van der Waals surface area contributed by atoms with Crippen LogP contribution in [0.15, 0.2) is 30.5 Å². The Hall–Kier alpha value is -1.72. The van der Waals surface area contributed by atoms with Crippen molar-refractivity contribution in [1.82, 2.24) is 9.97 Å². The first-order chi connectivity index (χ1) is 8.58. The molecule has 0 bridgehead atoms. The van der Waals surface area contributed by atoms with Crippen molar-refractivity contribution >= 4 is 35.1 Å². The maximum Gasteiger partial charge on any atom is 0.261 e. The zero-order valence-electron chi connectivity index (χ0n) is 8.82. The molecule has 1 aromatic carbocycles. The lowest BCUT2D eigenvalue weighted by Crippen LogP contribution is -2.15. The summed E-state index contributed by atoms with van der Waals surface area (Å²) in [7, 11) is 0. The number of nitrogens with zero attached hydrogens (tertiary/aromatic N) is 2. The number of amides is 1. The molecule has 0 aliphatic carbocycles. The largest absolute Gasteiger partial charge is 0.290 e. The van der Waals surface area contributed by atoms with Crippen molar-refractivity contribution in [1.29, 1.82) is 0 Å². The first-order valence-corrected chi connectivity index (χ1v) is 5.57. The number of hydrogen-bond donors (Lipinski definition) is 1. The van der Waals surface area contributed by atoms with Gasteiger partial charge in [-0.3, -0.25) is 10.1 Å². The standard InChI is InChI=1S/C11H6Cl2FN3O/c12-7-3-1-2-6(9(7)14)10(18)17-11-15-5-4-8(13)16-11/h1-5H,(H,15,16,17,18). The summed E-state index contributed by atoms with van der Waals surface area (Å²) in [5.74, 6) is -1.50. The molecule has 0 unspecified atom stereocenters. The average molecular weight is 286 g/mol. The molecule has 1 N–H and O–H groups in total. The van der Waals surface area contributed by atoms with Crippen LogP contribution in [0.4, 0.5) is 10.3 Å². The molecule has 0 fully saturated rings. The highest BCUT2D eigenvalue weighted by Gasteiger charge is 2.15. The van der Waals surface area contributed by atoms with E-state index in [1.54, 1.807) is 0 Å². The van der Waals surface area contributed by atoms with Gasteiger partial charge >= 0.3 is 0 Å².